The quantitative estimate of drug-likeness (QED) is 0.720. The van der Waals surface area contributed by atoms with E-state index in [0.717, 1.165) is 25.5 Å². The van der Waals surface area contributed by atoms with Crippen LogP contribution >= 0.6 is 11.3 Å². The summed E-state index contributed by atoms with van der Waals surface area (Å²) < 4.78 is 30.8. The Bertz CT molecular complexity index is 1030. The molecule has 140 valence electrons. The Labute approximate surface area is 155 Å². The lowest BCUT2D eigenvalue weighted by atomic mass is 9.85. The number of hydrogen-bond donors (Lipinski definition) is 0. The third kappa shape index (κ3) is 3.88. The second kappa shape index (κ2) is 7.32. The van der Waals surface area contributed by atoms with Crippen LogP contribution in [0.15, 0.2) is 28.1 Å². The maximum Gasteiger partial charge on any atom is 0.326 e. The summed E-state index contributed by atoms with van der Waals surface area (Å²) in [6.45, 7) is 1.90. The van der Waals surface area contributed by atoms with Crippen LogP contribution in [0, 0.1) is 5.92 Å². The van der Waals surface area contributed by atoms with E-state index in [1.165, 1.54) is 17.4 Å². The molecule has 0 spiro atoms. The SMILES string of the molecule is CCOC(=O)Cn1c(=NC(=O)C2CCC2)sc2cc(S(C)(=O)=O)ccc21. The highest BCUT2D eigenvalue weighted by atomic mass is 32.2. The van der Waals surface area contributed by atoms with E-state index in [0.29, 0.717) is 15.0 Å². The predicted molar refractivity (Wildman–Crippen MR) is 97.5 cm³/mol. The van der Waals surface area contributed by atoms with Crippen molar-refractivity contribution in [2.24, 2.45) is 10.9 Å². The second-order valence-corrected chi connectivity index (χ2v) is 9.28. The number of benzene rings is 1. The van der Waals surface area contributed by atoms with Gasteiger partial charge in [-0.2, -0.15) is 4.99 Å². The average molecular weight is 396 g/mol. The van der Waals surface area contributed by atoms with Gasteiger partial charge in [-0.3, -0.25) is 9.59 Å². The maximum atomic E-state index is 12.3. The molecule has 0 aliphatic heterocycles. The normalized spacial score (nSPS) is 15.8. The second-order valence-electron chi connectivity index (χ2n) is 6.26. The first-order valence-corrected chi connectivity index (χ1v) is 11.1. The molecule has 1 amide bonds. The van der Waals surface area contributed by atoms with Gasteiger partial charge in [-0.05, 0) is 38.0 Å². The van der Waals surface area contributed by atoms with Gasteiger partial charge in [-0.1, -0.05) is 17.8 Å². The fraction of sp³-hybridized carbons (Fsp3) is 0.471. The molecule has 1 saturated carbocycles. The van der Waals surface area contributed by atoms with Crippen molar-refractivity contribution < 1.29 is 22.7 Å². The van der Waals surface area contributed by atoms with Crippen LogP contribution in [-0.4, -0.2) is 37.7 Å². The van der Waals surface area contributed by atoms with Crippen molar-refractivity contribution in [3.63, 3.8) is 0 Å². The summed E-state index contributed by atoms with van der Waals surface area (Å²) in [7, 11) is -3.35. The zero-order valence-corrected chi connectivity index (χ0v) is 16.2. The average Bonchev–Trinajstić information content (AvgIpc) is 2.81. The van der Waals surface area contributed by atoms with Crippen LogP contribution in [0.2, 0.25) is 0 Å². The number of ether oxygens (including phenoxy) is 1. The van der Waals surface area contributed by atoms with Gasteiger partial charge in [0.25, 0.3) is 5.91 Å². The molecule has 0 bridgehead atoms. The van der Waals surface area contributed by atoms with Crippen molar-refractivity contribution in [3.05, 3.63) is 23.0 Å². The highest BCUT2D eigenvalue weighted by molar-refractivity contribution is 7.90. The topological polar surface area (TPSA) is 94.8 Å². The van der Waals surface area contributed by atoms with Gasteiger partial charge >= 0.3 is 5.97 Å². The minimum Gasteiger partial charge on any atom is -0.465 e. The fourth-order valence-electron chi connectivity index (χ4n) is 2.70. The molecule has 1 fully saturated rings. The minimum absolute atomic E-state index is 0.0529. The Balaban J connectivity index is 2.12. The number of nitrogens with zero attached hydrogens (tertiary/aromatic N) is 2. The molecular formula is C17H20N2O5S2. The summed E-state index contributed by atoms with van der Waals surface area (Å²) >= 11 is 1.20. The molecule has 7 nitrogen and oxygen atoms in total. The van der Waals surface area contributed by atoms with Crippen molar-refractivity contribution >= 4 is 43.3 Å². The van der Waals surface area contributed by atoms with Crippen LogP contribution < -0.4 is 4.80 Å². The Morgan fingerprint density at radius 1 is 1.35 bits per heavy atom. The number of hydrogen-bond acceptors (Lipinski definition) is 6. The molecule has 1 aromatic heterocycles. The highest BCUT2D eigenvalue weighted by Gasteiger charge is 2.25. The van der Waals surface area contributed by atoms with Crippen molar-refractivity contribution in [3.8, 4) is 0 Å². The molecule has 0 atom stereocenters. The Kier molecular flexibility index (Phi) is 5.29. The van der Waals surface area contributed by atoms with E-state index in [4.69, 9.17) is 4.74 Å². The molecule has 1 aliphatic carbocycles. The molecule has 3 rings (SSSR count). The van der Waals surface area contributed by atoms with Gasteiger partial charge in [0.15, 0.2) is 14.6 Å². The van der Waals surface area contributed by atoms with E-state index in [2.05, 4.69) is 4.99 Å². The van der Waals surface area contributed by atoms with Gasteiger partial charge in [0.05, 0.1) is 21.7 Å². The minimum atomic E-state index is -3.35. The first kappa shape index (κ1) is 18.8. The summed E-state index contributed by atoms with van der Waals surface area (Å²) in [5.41, 5.74) is 0.649. The summed E-state index contributed by atoms with van der Waals surface area (Å²) in [5.74, 6) is -0.677. The summed E-state index contributed by atoms with van der Waals surface area (Å²) in [4.78, 5) is 29.0. The van der Waals surface area contributed by atoms with Gasteiger partial charge in [-0.25, -0.2) is 8.42 Å². The van der Waals surface area contributed by atoms with Crippen LogP contribution in [0.25, 0.3) is 10.2 Å². The molecule has 1 aliphatic rings. The van der Waals surface area contributed by atoms with Crippen LogP contribution in [0.3, 0.4) is 0 Å². The lowest BCUT2D eigenvalue weighted by molar-refractivity contribution is -0.143. The zero-order chi connectivity index (χ0) is 18.9. The van der Waals surface area contributed by atoms with Gasteiger partial charge in [-0.15, -0.1) is 0 Å². The van der Waals surface area contributed by atoms with E-state index >= 15 is 0 Å². The molecule has 0 saturated heterocycles. The fourth-order valence-corrected chi connectivity index (χ4v) is 4.49. The number of sulfone groups is 1. The Morgan fingerprint density at radius 2 is 2.08 bits per heavy atom. The number of thiazole rings is 1. The first-order chi connectivity index (χ1) is 12.3. The Morgan fingerprint density at radius 3 is 2.65 bits per heavy atom. The number of rotatable bonds is 5. The van der Waals surface area contributed by atoms with E-state index in [1.54, 1.807) is 23.6 Å². The van der Waals surface area contributed by atoms with E-state index in [9.17, 15) is 18.0 Å². The third-order valence-corrected chi connectivity index (χ3v) is 6.49. The molecular weight excluding hydrogens is 376 g/mol. The van der Waals surface area contributed by atoms with Crippen LogP contribution in [0.4, 0.5) is 0 Å². The molecule has 26 heavy (non-hydrogen) atoms. The van der Waals surface area contributed by atoms with Crippen LogP contribution in [-0.2, 0) is 30.7 Å². The predicted octanol–water partition coefficient (Wildman–Crippen LogP) is 1.90. The van der Waals surface area contributed by atoms with Gasteiger partial charge in [0.1, 0.15) is 6.54 Å². The molecule has 1 aromatic carbocycles. The van der Waals surface area contributed by atoms with Crippen molar-refractivity contribution in [1.29, 1.82) is 0 Å². The monoisotopic (exact) mass is 396 g/mol. The maximum absolute atomic E-state index is 12.3. The number of aromatic nitrogens is 1. The molecule has 0 unspecified atom stereocenters. The van der Waals surface area contributed by atoms with Gasteiger partial charge < -0.3 is 9.30 Å². The molecule has 0 radical (unpaired) electrons. The molecule has 0 N–H and O–H groups in total. The van der Waals surface area contributed by atoms with E-state index < -0.39 is 15.8 Å². The lowest BCUT2D eigenvalue weighted by Crippen LogP contribution is -2.26. The largest absolute Gasteiger partial charge is 0.465 e. The standard InChI is InChI=1S/C17H20N2O5S2/c1-3-24-15(20)10-19-13-8-7-12(26(2,22)23)9-14(13)25-17(19)18-16(21)11-5-4-6-11/h7-9,11H,3-6,10H2,1-2H3. The number of carbonyl (C=O) groups excluding carboxylic acids is 2. The smallest absolute Gasteiger partial charge is 0.326 e. The highest BCUT2D eigenvalue weighted by Crippen LogP contribution is 2.27. The van der Waals surface area contributed by atoms with E-state index in [1.807, 2.05) is 0 Å². The molecule has 1 heterocycles. The van der Waals surface area contributed by atoms with Gasteiger partial charge in [0.2, 0.25) is 0 Å². The molecule has 9 heteroatoms. The number of amides is 1. The van der Waals surface area contributed by atoms with Crippen LogP contribution in [0.1, 0.15) is 26.2 Å². The van der Waals surface area contributed by atoms with Gasteiger partial charge in [0, 0.05) is 12.2 Å². The number of esters is 1. The summed E-state index contributed by atoms with van der Waals surface area (Å²) in [6, 6.07) is 4.67. The van der Waals surface area contributed by atoms with Crippen molar-refractivity contribution in [1.82, 2.24) is 4.57 Å². The molecule has 2 aromatic rings. The first-order valence-electron chi connectivity index (χ1n) is 8.37. The number of carbonyl (C=O) groups is 2. The summed E-state index contributed by atoms with van der Waals surface area (Å²) in [5, 5.41) is 0. The van der Waals surface area contributed by atoms with Crippen molar-refractivity contribution in [2.75, 3.05) is 12.9 Å². The van der Waals surface area contributed by atoms with Crippen molar-refractivity contribution in [2.45, 2.75) is 37.6 Å². The zero-order valence-electron chi connectivity index (χ0n) is 14.6. The Hall–Kier alpha value is -2.00. The van der Waals surface area contributed by atoms with E-state index in [-0.39, 0.29) is 29.9 Å². The number of fused-ring (bicyclic) bond motifs is 1. The lowest BCUT2D eigenvalue weighted by Gasteiger charge is -2.20. The summed E-state index contributed by atoms with van der Waals surface area (Å²) in [6.07, 6.45) is 3.84. The van der Waals surface area contributed by atoms with Crippen LogP contribution in [0.5, 0.6) is 0 Å². The third-order valence-electron chi connectivity index (χ3n) is 4.34.